The lowest BCUT2D eigenvalue weighted by molar-refractivity contribution is -0.0247. The topological polar surface area (TPSA) is 47.9 Å². The van der Waals surface area contributed by atoms with Crippen LogP contribution in [0.4, 0.5) is 0 Å². The number of methoxy groups -OCH3 is 2. The van der Waals surface area contributed by atoms with Crippen molar-refractivity contribution >= 4 is 7.85 Å². The van der Waals surface area contributed by atoms with Gasteiger partial charge in [0.05, 0.1) is 6.61 Å². The fourth-order valence-corrected chi connectivity index (χ4v) is 1.34. The van der Waals surface area contributed by atoms with Gasteiger partial charge in [-0.25, -0.2) is 0 Å². The van der Waals surface area contributed by atoms with E-state index in [9.17, 15) is 5.11 Å². The van der Waals surface area contributed by atoms with Gasteiger partial charge in [-0.15, -0.1) is 0 Å². The minimum Gasteiger partial charge on any atom is -0.388 e. The first kappa shape index (κ1) is 9.99. The number of hydrogen-bond acceptors (Lipinski definition) is 4. The molecule has 0 aromatic rings. The summed E-state index contributed by atoms with van der Waals surface area (Å²) in [5, 5.41) is 9.54. The SMILES string of the molecule is [B][C@@H]1O[C@H](COC)[C@H](O)C1OC. The maximum absolute atomic E-state index is 9.54. The average molecular weight is 172 g/mol. The van der Waals surface area contributed by atoms with Crippen molar-refractivity contribution in [2.45, 2.75) is 24.3 Å². The molecule has 0 aromatic heterocycles. The van der Waals surface area contributed by atoms with Gasteiger partial charge in [0.1, 0.15) is 26.2 Å². The second-order valence-corrected chi connectivity index (χ2v) is 2.79. The summed E-state index contributed by atoms with van der Waals surface area (Å²) in [7, 11) is 8.57. The van der Waals surface area contributed by atoms with Gasteiger partial charge in [0.25, 0.3) is 0 Å². The summed E-state index contributed by atoms with van der Waals surface area (Å²) in [5.74, 6) is 0. The van der Waals surface area contributed by atoms with Crippen molar-refractivity contribution in [2.75, 3.05) is 20.8 Å². The van der Waals surface area contributed by atoms with Crippen LogP contribution in [0.5, 0.6) is 0 Å². The van der Waals surface area contributed by atoms with Crippen molar-refractivity contribution in [3.63, 3.8) is 0 Å². The minimum absolute atomic E-state index is 0.328. The van der Waals surface area contributed by atoms with Crippen LogP contribution in [0.3, 0.4) is 0 Å². The van der Waals surface area contributed by atoms with Gasteiger partial charge < -0.3 is 19.3 Å². The molecule has 4 nitrogen and oxygen atoms in total. The van der Waals surface area contributed by atoms with Crippen molar-refractivity contribution in [1.29, 1.82) is 0 Å². The van der Waals surface area contributed by atoms with E-state index in [1.165, 1.54) is 7.11 Å². The van der Waals surface area contributed by atoms with Crippen LogP contribution in [0.1, 0.15) is 0 Å². The van der Waals surface area contributed by atoms with Crippen molar-refractivity contribution in [3.8, 4) is 0 Å². The molecule has 1 rings (SSSR count). The quantitative estimate of drug-likeness (QED) is 0.549. The van der Waals surface area contributed by atoms with E-state index < -0.39 is 18.2 Å². The van der Waals surface area contributed by atoms with E-state index >= 15 is 0 Å². The molecule has 2 radical (unpaired) electrons. The molecule has 0 amide bonds. The maximum atomic E-state index is 9.54. The molecular formula is C7H13BO4. The standard InChI is InChI=1S/C7H13BO4/c1-10-3-4-5(9)6(11-2)7(8)12-4/h4-7,9H,3H2,1-2H3/t4-,5+,6?,7-/m1/s1. The van der Waals surface area contributed by atoms with Gasteiger partial charge in [-0.1, -0.05) is 0 Å². The predicted octanol–water partition coefficient (Wildman–Crippen LogP) is -1.10. The number of aliphatic hydroxyl groups excluding tert-OH is 1. The number of rotatable bonds is 3. The average Bonchev–Trinajstić information content (AvgIpc) is 2.29. The largest absolute Gasteiger partial charge is 0.388 e. The van der Waals surface area contributed by atoms with Crippen LogP contribution >= 0.6 is 0 Å². The Labute approximate surface area is 73.2 Å². The molecule has 1 fully saturated rings. The van der Waals surface area contributed by atoms with Crippen molar-refractivity contribution < 1.29 is 19.3 Å². The van der Waals surface area contributed by atoms with Gasteiger partial charge in [-0.2, -0.15) is 0 Å². The smallest absolute Gasteiger partial charge is 0.112 e. The molecule has 1 heterocycles. The summed E-state index contributed by atoms with van der Waals surface area (Å²) in [6.07, 6.45) is -1.54. The molecule has 0 aromatic carbocycles. The highest BCUT2D eigenvalue weighted by Gasteiger charge is 2.40. The Morgan fingerprint density at radius 3 is 2.58 bits per heavy atom. The number of ether oxygens (including phenoxy) is 3. The highest BCUT2D eigenvalue weighted by Crippen LogP contribution is 2.21. The molecule has 1 aliphatic rings. The van der Waals surface area contributed by atoms with Crippen LogP contribution in [0.2, 0.25) is 0 Å². The molecule has 1 aliphatic heterocycles. The second kappa shape index (κ2) is 4.23. The molecule has 0 spiro atoms. The monoisotopic (exact) mass is 172 g/mol. The zero-order chi connectivity index (χ0) is 9.14. The van der Waals surface area contributed by atoms with Crippen LogP contribution in [0, 0.1) is 0 Å². The third kappa shape index (κ3) is 1.80. The Morgan fingerprint density at radius 1 is 1.50 bits per heavy atom. The molecule has 0 aliphatic carbocycles. The fourth-order valence-electron chi connectivity index (χ4n) is 1.34. The molecular weight excluding hydrogens is 159 g/mol. The Kier molecular flexibility index (Phi) is 3.52. The molecule has 5 heteroatoms. The predicted molar refractivity (Wildman–Crippen MR) is 43.1 cm³/mol. The van der Waals surface area contributed by atoms with E-state index in [2.05, 4.69) is 0 Å². The molecule has 68 valence electrons. The lowest BCUT2D eigenvalue weighted by Crippen LogP contribution is -2.35. The Hall–Kier alpha value is -0.0951. The number of aliphatic hydroxyl groups is 1. The molecule has 0 bridgehead atoms. The Morgan fingerprint density at radius 2 is 2.17 bits per heavy atom. The van der Waals surface area contributed by atoms with Crippen molar-refractivity contribution in [1.82, 2.24) is 0 Å². The first-order valence-electron chi connectivity index (χ1n) is 3.81. The van der Waals surface area contributed by atoms with Gasteiger partial charge in [-0.3, -0.25) is 0 Å². The summed E-state index contributed by atoms with van der Waals surface area (Å²) in [5.41, 5.74) is 0. The van der Waals surface area contributed by atoms with Crippen LogP contribution in [-0.4, -0.2) is 58.1 Å². The van der Waals surface area contributed by atoms with E-state index in [1.54, 1.807) is 7.11 Å². The van der Waals surface area contributed by atoms with E-state index in [4.69, 9.17) is 22.1 Å². The lowest BCUT2D eigenvalue weighted by Gasteiger charge is -2.16. The lowest BCUT2D eigenvalue weighted by atomic mass is 9.93. The Balaban J connectivity index is 2.49. The van der Waals surface area contributed by atoms with Crippen molar-refractivity contribution in [3.05, 3.63) is 0 Å². The normalized spacial score (nSPS) is 41.9. The van der Waals surface area contributed by atoms with E-state index in [0.29, 0.717) is 6.61 Å². The zero-order valence-electron chi connectivity index (χ0n) is 7.27. The molecule has 1 N–H and O–H groups in total. The Bertz CT molecular complexity index is 143. The van der Waals surface area contributed by atoms with Gasteiger partial charge >= 0.3 is 0 Å². The molecule has 1 unspecified atom stereocenters. The summed E-state index contributed by atoms with van der Waals surface area (Å²) >= 11 is 0. The highest BCUT2D eigenvalue weighted by molar-refractivity contribution is 6.11. The van der Waals surface area contributed by atoms with Crippen LogP contribution in [0.25, 0.3) is 0 Å². The van der Waals surface area contributed by atoms with Gasteiger partial charge in [0.15, 0.2) is 0 Å². The van der Waals surface area contributed by atoms with E-state index in [1.807, 2.05) is 0 Å². The third-order valence-corrected chi connectivity index (χ3v) is 1.98. The summed E-state index contributed by atoms with van der Waals surface area (Å²) < 4.78 is 15.0. The molecule has 4 atom stereocenters. The first-order valence-corrected chi connectivity index (χ1v) is 3.81. The fraction of sp³-hybridized carbons (Fsp3) is 1.00. The highest BCUT2D eigenvalue weighted by atomic mass is 16.6. The van der Waals surface area contributed by atoms with Crippen LogP contribution in [0.15, 0.2) is 0 Å². The summed E-state index contributed by atoms with van der Waals surface area (Å²) in [4.78, 5) is 0. The van der Waals surface area contributed by atoms with Crippen molar-refractivity contribution in [2.24, 2.45) is 0 Å². The van der Waals surface area contributed by atoms with Gasteiger partial charge in [-0.05, 0) is 0 Å². The summed E-state index contributed by atoms with van der Waals surface area (Å²) in [6.45, 7) is 0.328. The first-order chi connectivity index (χ1) is 5.70. The number of hydrogen-bond donors (Lipinski definition) is 1. The van der Waals surface area contributed by atoms with E-state index in [0.717, 1.165) is 0 Å². The van der Waals surface area contributed by atoms with Crippen LogP contribution in [-0.2, 0) is 14.2 Å². The van der Waals surface area contributed by atoms with E-state index in [-0.39, 0.29) is 6.10 Å². The third-order valence-electron chi connectivity index (χ3n) is 1.98. The zero-order valence-corrected chi connectivity index (χ0v) is 7.27. The second-order valence-electron chi connectivity index (χ2n) is 2.79. The maximum Gasteiger partial charge on any atom is 0.112 e. The molecule has 1 saturated heterocycles. The van der Waals surface area contributed by atoms with Gasteiger partial charge in [0, 0.05) is 20.2 Å². The molecule has 0 saturated carbocycles. The summed E-state index contributed by atoms with van der Waals surface area (Å²) in [6, 6.07) is -0.565. The van der Waals surface area contributed by atoms with Crippen LogP contribution < -0.4 is 0 Å². The van der Waals surface area contributed by atoms with Gasteiger partial charge in [0.2, 0.25) is 0 Å². The minimum atomic E-state index is -0.704. The molecule has 12 heavy (non-hydrogen) atoms.